The zero-order chi connectivity index (χ0) is 37.6. The van der Waals surface area contributed by atoms with Gasteiger partial charge in [-0.05, 0) is 78.9 Å². The molecule has 7 heteroatoms. The molecule has 277 valence electrons. The Kier molecular flexibility index (Phi) is 11.3. The molecule has 0 atom stereocenters. The number of aryl methyl sites for hydroxylation is 3. The standard InChI is InChI=1S/C30H26N3O.C17H22NSi.Ir/c1-17(2)24-12-11-22-23-16-21(10-13-27(23)34-30(22)32-24)29-31-25-8-6-7-9-26(25)33(29)28-19(4)14-18(3)15-20(28)5;1-13(2)15-11-16(14-9-7-6-8-10-14)18-12-17(15)19(3,4)5;/h6-9,11-17H,1-5H3;6-9,11-13H,1-5H3;/q2*-1;. The van der Waals surface area contributed by atoms with Crippen LogP contribution in [0.15, 0.2) is 102 Å². The topological polar surface area (TPSA) is 56.7 Å². The average molecular weight is 905 g/mol. The van der Waals surface area contributed by atoms with Gasteiger partial charge < -0.3 is 14.0 Å². The van der Waals surface area contributed by atoms with E-state index < -0.39 is 8.07 Å². The summed E-state index contributed by atoms with van der Waals surface area (Å²) >= 11 is 0. The van der Waals surface area contributed by atoms with E-state index in [9.17, 15) is 0 Å². The number of fused-ring (bicyclic) bond motifs is 4. The Morgan fingerprint density at radius 1 is 0.741 bits per heavy atom. The molecule has 0 N–H and O–H groups in total. The molecule has 0 aliphatic carbocycles. The van der Waals surface area contributed by atoms with E-state index in [1.165, 1.54) is 33.1 Å². The van der Waals surface area contributed by atoms with Crippen LogP contribution in [0.5, 0.6) is 0 Å². The Hall–Kier alpha value is -4.68. The van der Waals surface area contributed by atoms with Gasteiger partial charge in [0.15, 0.2) is 0 Å². The van der Waals surface area contributed by atoms with Crippen LogP contribution in [0.25, 0.3) is 61.4 Å². The fourth-order valence-electron chi connectivity index (χ4n) is 7.30. The first-order valence-electron chi connectivity index (χ1n) is 18.6. The van der Waals surface area contributed by atoms with E-state index in [0.29, 0.717) is 17.5 Å². The van der Waals surface area contributed by atoms with Gasteiger partial charge in [-0.15, -0.1) is 59.7 Å². The number of hydrogen-bond donors (Lipinski definition) is 0. The van der Waals surface area contributed by atoms with Crippen LogP contribution >= 0.6 is 0 Å². The molecule has 4 aromatic carbocycles. The maximum absolute atomic E-state index is 6.09. The van der Waals surface area contributed by atoms with Crippen molar-refractivity contribution in [2.75, 3.05) is 0 Å². The minimum Gasteiger partial charge on any atom is -0.486 e. The molecular weight excluding hydrogens is 857 g/mol. The molecule has 4 aromatic heterocycles. The molecule has 0 spiro atoms. The number of rotatable bonds is 6. The van der Waals surface area contributed by atoms with Crippen molar-refractivity contribution in [2.24, 2.45) is 0 Å². The number of imidazole rings is 1. The van der Waals surface area contributed by atoms with Gasteiger partial charge in [-0.25, -0.2) is 4.98 Å². The van der Waals surface area contributed by atoms with E-state index in [0.717, 1.165) is 55.7 Å². The summed E-state index contributed by atoms with van der Waals surface area (Å²) in [5.74, 6) is 1.76. The van der Waals surface area contributed by atoms with Gasteiger partial charge in [-0.3, -0.25) is 4.98 Å². The van der Waals surface area contributed by atoms with Gasteiger partial charge >= 0.3 is 0 Å². The quantitative estimate of drug-likeness (QED) is 0.123. The number of aromatic nitrogens is 4. The van der Waals surface area contributed by atoms with Crippen molar-refractivity contribution in [3.8, 4) is 28.3 Å². The third kappa shape index (κ3) is 7.63. The summed E-state index contributed by atoms with van der Waals surface area (Å²) in [7, 11) is -1.34. The van der Waals surface area contributed by atoms with Crippen LogP contribution in [0.1, 0.15) is 67.5 Å². The zero-order valence-corrected chi connectivity index (χ0v) is 36.3. The maximum Gasteiger partial charge on any atom is 0.216 e. The molecule has 0 aliphatic rings. The Morgan fingerprint density at radius 2 is 1.46 bits per heavy atom. The predicted molar refractivity (Wildman–Crippen MR) is 224 cm³/mol. The second-order valence-electron chi connectivity index (χ2n) is 15.8. The minimum absolute atomic E-state index is 0. The third-order valence-electron chi connectivity index (χ3n) is 9.89. The molecule has 0 amide bonds. The maximum atomic E-state index is 6.09. The SMILES string of the molecule is CC(C)c1cc(-c2[c-]cccc2)ncc1[Si](C)(C)C.Cc1cc(C)c(-n2c(-c3[c-]cc4oc5nc(C(C)C)ccc5c4c3)nc3ccccc32)c(C)c1.[Ir]. The summed E-state index contributed by atoms with van der Waals surface area (Å²) in [5.41, 5.74) is 13.9. The first-order chi connectivity index (χ1) is 25.3. The molecule has 54 heavy (non-hydrogen) atoms. The molecule has 4 heterocycles. The van der Waals surface area contributed by atoms with Crippen LogP contribution in [0.2, 0.25) is 19.6 Å². The normalized spacial score (nSPS) is 11.7. The fourth-order valence-corrected chi connectivity index (χ4v) is 8.98. The van der Waals surface area contributed by atoms with Crippen LogP contribution in [0.4, 0.5) is 0 Å². The second-order valence-corrected chi connectivity index (χ2v) is 20.9. The van der Waals surface area contributed by atoms with E-state index >= 15 is 0 Å². The van der Waals surface area contributed by atoms with E-state index in [-0.39, 0.29) is 20.1 Å². The van der Waals surface area contributed by atoms with E-state index in [2.05, 4.69) is 157 Å². The molecule has 0 bridgehead atoms. The summed E-state index contributed by atoms with van der Waals surface area (Å²) in [6.45, 7) is 22.4. The Labute approximate surface area is 334 Å². The molecule has 0 fully saturated rings. The number of nitrogens with zero attached hydrogens (tertiary/aromatic N) is 4. The van der Waals surface area contributed by atoms with Gasteiger partial charge in [0, 0.05) is 43.1 Å². The van der Waals surface area contributed by atoms with Crippen LogP contribution in [-0.2, 0) is 20.1 Å². The molecule has 8 rings (SSSR count). The fraction of sp³-hybridized carbons (Fsp3) is 0.255. The van der Waals surface area contributed by atoms with Crippen LogP contribution in [0, 0.1) is 32.9 Å². The Balaban J connectivity index is 0.000000213. The van der Waals surface area contributed by atoms with Crippen molar-refractivity contribution in [2.45, 2.75) is 79.9 Å². The van der Waals surface area contributed by atoms with Crippen LogP contribution in [-0.4, -0.2) is 27.6 Å². The van der Waals surface area contributed by atoms with Crippen molar-refractivity contribution >= 4 is 46.4 Å². The third-order valence-corrected chi connectivity index (χ3v) is 11.9. The largest absolute Gasteiger partial charge is 0.486 e. The summed E-state index contributed by atoms with van der Waals surface area (Å²) in [4.78, 5) is 14.5. The molecule has 0 unspecified atom stereocenters. The molecule has 5 nitrogen and oxygen atoms in total. The summed E-state index contributed by atoms with van der Waals surface area (Å²) < 4.78 is 8.36. The van der Waals surface area contributed by atoms with Gasteiger partial charge in [0.05, 0.1) is 30.5 Å². The zero-order valence-electron chi connectivity index (χ0n) is 32.9. The van der Waals surface area contributed by atoms with Crippen molar-refractivity contribution < 1.29 is 24.5 Å². The molecule has 8 aromatic rings. The van der Waals surface area contributed by atoms with Gasteiger partial charge in [-0.2, -0.15) is 0 Å². The number of benzene rings is 4. The summed E-state index contributed by atoms with van der Waals surface area (Å²) in [6.07, 6.45) is 2.09. The smallest absolute Gasteiger partial charge is 0.216 e. The molecule has 0 saturated carbocycles. The number of hydrogen-bond acceptors (Lipinski definition) is 4. The Morgan fingerprint density at radius 3 is 2.13 bits per heavy atom. The Bertz CT molecular complexity index is 2570. The second kappa shape index (κ2) is 15.6. The van der Waals surface area contributed by atoms with E-state index in [1.54, 1.807) is 0 Å². The van der Waals surface area contributed by atoms with Crippen molar-refractivity contribution in [1.29, 1.82) is 0 Å². The molecule has 0 saturated heterocycles. The molecular formula is C47H48IrN4OSi-2. The monoisotopic (exact) mass is 905 g/mol. The van der Waals surface area contributed by atoms with Crippen molar-refractivity contribution in [3.05, 3.63) is 137 Å². The summed E-state index contributed by atoms with van der Waals surface area (Å²) in [5, 5.41) is 3.52. The van der Waals surface area contributed by atoms with Crippen LogP contribution < -0.4 is 5.19 Å². The first kappa shape index (κ1) is 39.0. The molecule has 1 radical (unpaired) electrons. The molecule has 0 aliphatic heterocycles. The predicted octanol–water partition coefficient (Wildman–Crippen LogP) is 12.1. The van der Waals surface area contributed by atoms with Crippen molar-refractivity contribution in [3.63, 3.8) is 0 Å². The van der Waals surface area contributed by atoms with Crippen molar-refractivity contribution in [1.82, 2.24) is 19.5 Å². The average Bonchev–Trinajstić information content (AvgIpc) is 3.69. The number of para-hydroxylation sites is 2. The van der Waals surface area contributed by atoms with Gasteiger partial charge in [-0.1, -0.05) is 94.2 Å². The van der Waals surface area contributed by atoms with Gasteiger partial charge in [0.25, 0.3) is 0 Å². The number of pyridine rings is 2. The summed E-state index contributed by atoms with van der Waals surface area (Å²) in [6, 6.07) is 38.0. The van der Waals surface area contributed by atoms with E-state index in [1.807, 2.05) is 30.3 Å². The first-order valence-corrected chi connectivity index (χ1v) is 22.1. The minimum atomic E-state index is -1.34. The van der Waals surface area contributed by atoms with Gasteiger partial charge in [0.1, 0.15) is 0 Å². The van der Waals surface area contributed by atoms with Gasteiger partial charge in [0.2, 0.25) is 5.71 Å². The van der Waals surface area contributed by atoms with Crippen LogP contribution in [0.3, 0.4) is 0 Å². The van der Waals surface area contributed by atoms with E-state index in [4.69, 9.17) is 14.4 Å². The number of furan rings is 1.